The van der Waals surface area contributed by atoms with E-state index in [1.54, 1.807) is 14.2 Å². The standard InChI is InChI=1S/C16H23NO4/c1-19-9-3-8-17-16(18)15-10-14(15)12-4-6-13(7-5-12)21-11-20-2/h4-7,14-15H,3,8-11H2,1-2H3,(H,17,18). The number of rotatable bonds is 9. The number of carbonyl (C=O) groups is 1. The monoisotopic (exact) mass is 293 g/mol. The quantitative estimate of drug-likeness (QED) is 0.558. The van der Waals surface area contributed by atoms with E-state index in [0.717, 1.165) is 18.6 Å². The number of benzene rings is 1. The molecule has 1 aromatic carbocycles. The zero-order valence-corrected chi connectivity index (χ0v) is 12.6. The van der Waals surface area contributed by atoms with E-state index in [4.69, 9.17) is 14.2 Å². The predicted octanol–water partition coefficient (Wildman–Crippen LogP) is 1.93. The molecule has 1 N–H and O–H groups in total. The van der Waals surface area contributed by atoms with Crippen molar-refractivity contribution in [3.8, 4) is 5.75 Å². The summed E-state index contributed by atoms with van der Waals surface area (Å²) in [7, 11) is 3.26. The molecule has 5 heteroatoms. The van der Waals surface area contributed by atoms with Crippen molar-refractivity contribution in [2.24, 2.45) is 5.92 Å². The Hall–Kier alpha value is -1.59. The maximum Gasteiger partial charge on any atom is 0.223 e. The Labute approximate surface area is 125 Å². The van der Waals surface area contributed by atoms with E-state index < -0.39 is 0 Å². The summed E-state index contributed by atoms with van der Waals surface area (Å²) in [6, 6.07) is 7.88. The van der Waals surface area contributed by atoms with Crippen molar-refractivity contribution in [2.45, 2.75) is 18.8 Å². The average molecular weight is 293 g/mol. The molecule has 0 aromatic heterocycles. The first-order valence-electron chi connectivity index (χ1n) is 7.24. The molecule has 0 spiro atoms. The second-order valence-corrected chi connectivity index (χ2v) is 5.21. The third-order valence-electron chi connectivity index (χ3n) is 3.60. The summed E-state index contributed by atoms with van der Waals surface area (Å²) in [5.74, 6) is 1.37. The fourth-order valence-corrected chi connectivity index (χ4v) is 2.35. The first-order chi connectivity index (χ1) is 10.3. The highest BCUT2D eigenvalue weighted by Gasteiger charge is 2.43. The molecule has 116 valence electrons. The molecule has 1 saturated carbocycles. The van der Waals surface area contributed by atoms with Crippen molar-refractivity contribution >= 4 is 5.91 Å². The second-order valence-electron chi connectivity index (χ2n) is 5.21. The minimum absolute atomic E-state index is 0.110. The average Bonchev–Trinajstić information content (AvgIpc) is 3.30. The highest BCUT2D eigenvalue weighted by Crippen LogP contribution is 2.47. The molecule has 2 unspecified atom stereocenters. The summed E-state index contributed by atoms with van der Waals surface area (Å²) in [6.07, 6.45) is 1.78. The highest BCUT2D eigenvalue weighted by molar-refractivity contribution is 5.82. The van der Waals surface area contributed by atoms with E-state index in [2.05, 4.69) is 5.32 Å². The number of hydrogen-bond acceptors (Lipinski definition) is 4. The molecule has 0 aliphatic heterocycles. The van der Waals surface area contributed by atoms with Crippen LogP contribution in [0.3, 0.4) is 0 Å². The van der Waals surface area contributed by atoms with Gasteiger partial charge in [0.2, 0.25) is 5.91 Å². The van der Waals surface area contributed by atoms with Crippen LogP contribution in [0.15, 0.2) is 24.3 Å². The highest BCUT2D eigenvalue weighted by atomic mass is 16.7. The molecule has 0 heterocycles. The van der Waals surface area contributed by atoms with E-state index >= 15 is 0 Å². The van der Waals surface area contributed by atoms with Crippen LogP contribution in [0.4, 0.5) is 0 Å². The van der Waals surface area contributed by atoms with Gasteiger partial charge in [0.1, 0.15) is 5.75 Å². The van der Waals surface area contributed by atoms with Crippen LogP contribution in [0, 0.1) is 5.92 Å². The predicted molar refractivity (Wildman–Crippen MR) is 79.3 cm³/mol. The van der Waals surface area contributed by atoms with E-state index in [-0.39, 0.29) is 18.6 Å². The van der Waals surface area contributed by atoms with Gasteiger partial charge in [0, 0.05) is 33.3 Å². The summed E-state index contributed by atoms with van der Waals surface area (Å²) >= 11 is 0. The van der Waals surface area contributed by atoms with Gasteiger partial charge in [-0.3, -0.25) is 4.79 Å². The third-order valence-corrected chi connectivity index (χ3v) is 3.60. The van der Waals surface area contributed by atoms with Gasteiger partial charge in [0.25, 0.3) is 0 Å². The van der Waals surface area contributed by atoms with Gasteiger partial charge >= 0.3 is 0 Å². The van der Waals surface area contributed by atoms with Crippen LogP contribution in [0.5, 0.6) is 5.75 Å². The molecular formula is C16H23NO4. The lowest BCUT2D eigenvalue weighted by atomic mass is 10.1. The Morgan fingerprint density at radius 2 is 2.00 bits per heavy atom. The van der Waals surface area contributed by atoms with Gasteiger partial charge < -0.3 is 19.5 Å². The van der Waals surface area contributed by atoms with Gasteiger partial charge in [-0.2, -0.15) is 0 Å². The van der Waals surface area contributed by atoms with Crippen molar-refractivity contribution in [1.29, 1.82) is 0 Å². The first kappa shape index (κ1) is 15.8. The summed E-state index contributed by atoms with van der Waals surface area (Å²) in [5, 5.41) is 2.96. The molecule has 0 bridgehead atoms. The van der Waals surface area contributed by atoms with E-state index in [1.807, 2.05) is 24.3 Å². The van der Waals surface area contributed by atoms with Crippen molar-refractivity contribution in [3.63, 3.8) is 0 Å². The Morgan fingerprint density at radius 3 is 2.67 bits per heavy atom. The molecule has 0 radical (unpaired) electrons. The topological polar surface area (TPSA) is 56.8 Å². The Balaban J connectivity index is 1.75. The molecule has 1 amide bonds. The normalized spacial score (nSPS) is 20.1. The van der Waals surface area contributed by atoms with E-state index in [0.29, 0.717) is 19.1 Å². The number of amides is 1. The van der Waals surface area contributed by atoms with Gasteiger partial charge in [-0.25, -0.2) is 0 Å². The van der Waals surface area contributed by atoms with Crippen LogP contribution in [0.1, 0.15) is 24.3 Å². The lowest BCUT2D eigenvalue weighted by molar-refractivity contribution is -0.122. The zero-order chi connectivity index (χ0) is 15.1. The van der Waals surface area contributed by atoms with Crippen LogP contribution >= 0.6 is 0 Å². The Kier molecular flexibility index (Phi) is 6.02. The van der Waals surface area contributed by atoms with E-state index in [1.165, 1.54) is 5.56 Å². The third kappa shape index (κ3) is 4.72. The van der Waals surface area contributed by atoms with Crippen LogP contribution in [-0.2, 0) is 14.3 Å². The molecular weight excluding hydrogens is 270 g/mol. The molecule has 5 nitrogen and oxygen atoms in total. The van der Waals surface area contributed by atoms with Crippen molar-refractivity contribution < 1.29 is 19.0 Å². The van der Waals surface area contributed by atoms with Crippen molar-refractivity contribution in [2.75, 3.05) is 34.2 Å². The van der Waals surface area contributed by atoms with Crippen LogP contribution in [0.2, 0.25) is 0 Å². The molecule has 1 aromatic rings. The molecule has 2 rings (SSSR count). The second kappa shape index (κ2) is 8.00. The molecule has 1 fully saturated rings. The van der Waals surface area contributed by atoms with Gasteiger partial charge in [0.05, 0.1) is 0 Å². The van der Waals surface area contributed by atoms with Crippen LogP contribution in [-0.4, -0.2) is 40.1 Å². The minimum Gasteiger partial charge on any atom is -0.468 e. The molecule has 21 heavy (non-hydrogen) atoms. The largest absolute Gasteiger partial charge is 0.468 e. The van der Waals surface area contributed by atoms with Crippen molar-refractivity contribution in [3.05, 3.63) is 29.8 Å². The molecule has 1 aliphatic carbocycles. The smallest absolute Gasteiger partial charge is 0.223 e. The van der Waals surface area contributed by atoms with Gasteiger partial charge in [-0.1, -0.05) is 12.1 Å². The molecule has 2 atom stereocenters. The minimum atomic E-state index is 0.110. The van der Waals surface area contributed by atoms with Crippen LogP contribution < -0.4 is 10.1 Å². The lowest BCUT2D eigenvalue weighted by Crippen LogP contribution is -2.27. The number of ether oxygens (including phenoxy) is 3. The molecule has 0 saturated heterocycles. The summed E-state index contributed by atoms with van der Waals surface area (Å²) in [4.78, 5) is 12.0. The fourth-order valence-electron chi connectivity index (χ4n) is 2.35. The number of methoxy groups -OCH3 is 2. The number of carbonyl (C=O) groups excluding carboxylic acids is 1. The van der Waals surface area contributed by atoms with Crippen LogP contribution in [0.25, 0.3) is 0 Å². The van der Waals surface area contributed by atoms with Gasteiger partial charge in [0.15, 0.2) is 6.79 Å². The summed E-state index contributed by atoms with van der Waals surface area (Å²) in [5.41, 5.74) is 1.19. The first-order valence-corrected chi connectivity index (χ1v) is 7.24. The Bertz CT molecular complexity index is 446. The summed E-state index contributed by atoms with van der Waals surface area (Å²) < 4.78 is 15.2. The lowest BCUT2D eigenvalue weighted by Gasteiger charge is -2.06. The Morgan fingerprint density at radius 1 is 1.24 bits per heavy atom. The zero-order valence-electron chi connectivity index (χ0n) is 12.6. The SMILES string of the molecule is COCCCNC(=O)C1CC1c1ccc(OCOC)cc1. The molecule has 1 aliphatic rings. The number of nitrogens with one attached hydrogen (secondary N) is 1. The fraction of sp³-hybridized carbons (Fsp3) is 0.562. The van der Waals surface area contributed by atoms with Gasteiger partial charge in [-0.05, 0) is 36.5 Å². The number of hydrogen-bond donors (Lipinski definition) is 1. The maximum atomic E-state index is 12.0. The van der Waals surface area contributed by atoms with Crippen molar-refractivity contribution in [1.82, 2.24) is 5.32 Å². The van der Waals surface area contributed by atoms with Gasteiger partial charge in [-0.15, -0.1) is 0 Å². The van der Waals surface area contributed by atoms with E-state index in [9.17, 15) is 4.79 Å². The maximum absolute atomic E-state index is 12.0. The summed E-state index contributed by atoms with van der Waals surface area (Å²) in [6.45, 7) is 1.60.